The summed E-state index contributed by atoms with van der Waals surface area (Å²) in [4.78, 5) is 21.9. The Labute approximate surface area is 206 Å². The van der Waals surface area contributed by atoms with Gasteiger partial charge < -0.3 is 4.90 Å². The van der Waals surface area contributed by atoms with Crippen molar-refractivity contribution in [1.29, 1.82) is 0 Å². The fourth-order valence-corrected chi connectivity index (χ4v) is 4.99. The van der Waals surface area contributed by atoms with Crippen LogP contribution in [0.3, 0.4) is 0 Å². The van der Waals surface area contributed by atoms with Gasteiger partial charge in [-0.3, -0.25) is 9.69 Å². The van der Waals surface area contributed by atoms with Crippen LogP contribution in [0.25, 0.3) is 22.2 Å². The van der Waals surface area contributed by atoms with Crippen LogP contribution in [-0.4, -0.2) is 56.7 Å². The SMILES string of the molecule is Cc1nn(CC(=O)N2CCN(Cc3cccc(Br)c3)CC2)c2nccc(-c3ccc(F)cc3)c12. The number of aryl methyl sites for hydroxylation is 1. The van der Waals surface area contributed by atoms with E-state index in [1.807, 2.05) is 30.0 Å². The van der Waals surface area contributed by atoms with Gasteiger partial charge in [-0.05, 0) is 53.9 Å². The highest BCUT2D eigenvalue weighted by Crippen LogP contribution is 2.30. The Balaban J connectivity index is 1.28. The van der Waals surface area contributed by atoms with Gasteiger partial charge in [0.15, 0.2) is 5.65 Å². The molecule has 0 N–H and O–H groups in total. The second kappa shape index (κ2) is 9.64. The first-order chi connectivity index (χ1) is 16.5. The van der Waals surface area contributed by atoms with Crippen molar-refractivity contribution in [2.24, 2.45) is 0 Å². The maximum absolute atomic E-state index is 13.4. The van der Waals surface area contributed by atoms with Crippen molar-refractivity contribution >= 4 is 32.9 Å². The van der Waals surface area contributed by atoms with Gasteiger partial charge in [0, 0.05) is 48.8 Å². The minimum absolute atomic E-state index is 0.0421. The molecule has 1 aliphatic rings. The number of piperazine rings is 1. The van der Waals surface area contributed by atoms with Crippen LogP contribution in [0.15, 0.2) is 65.3 Å². The van der Waals surface area contributed by atoms with Gasteiger partial charge in [-0.2, -0.15) is 5.10 Å². The summed E-state index contributed by atoms with van der Waals surface area (Å²) in [5, 5.41) is 5.51. The van der Waals surface area contributed by atoms with Crippen LogP contribution in [0.2, 0.25) is 0 Å². The monoisotopic (exact) mass is 521 g/mol. The predicted molar refractivity (Wildman–Crippen MR) is 134 cm³/mol. The molecule has 174 valence electrons. The van der Waals surface area contributed by atoms with Gasteiger partial charge in [0.1, 0.15) is 12.4 Å². The van der Waals surface area contributed by atoms with E-state index in [1.165, 1.54) is 17.7 Å². The van der Waals surface area contributed by atoms with Crippen molar-refractivity contribution in [3.63, 3.8) is 0 Å². The Bertz CT molecular complexity index is 1330. The summed E-state index contributed by atoms with van der Waals surface area (Å²) in [6.07, 6.45) is 1.71. The molecule has 0 aliphatic carbocycles. The number of rotatable bonds is 5. The second-order valence-electron chi connectivity index (χ2n) is 8.59. The van der Waals surface area contributed by atoms with E-state index in [1.54, 1.807) is 23.0 Å². The lowest BCUT2D eigenvalue weighted by Crippen LogP contribution is -2.49. The minimum Gasteiger partial charge on any atom is -0.339 e. The van der Waals surface area contributed by atoms with E-state index in [4.69, 9.17) is 0 Å². The molecule has 5 rings (SSSR count). The van der Waals surface area contributed by atoms with Gasteiger partial charge in [0.05, 0.1) is 5.69 Å². The fourth-order valence-electron chi connectivity index (χ4n) is 4.54. The van der Waals surface area contributed by atoms with E-state index in [2.05, 4.69) is 43.0 Å². The first kappa shape index (κ1) is 22.7. The number of halogens is 2. The van der Waals surface area contributed by atoms with E-state index in [0.29, 0.717) is 18.7 Å². The van der Waals surface area contributed by atoms with Crippen LogP contribution in [0.1, 0.15) is 11.3 Å². The second-order valence-corrected chi connectivity index (χ2v) is 9.51. The zero-order valence-electron chi connectivity index (χ0n) is 18.9. The molecule has 34 heavy (non-hydrogen) atoms. The van der Waals surface area contributed by atoms with E-state index < -0.39 is 0 Å². The first-order valence-corrected chi connectivity index (χ1v) is 12.1. The van der Waals surface area contributed by atoms with Gasteiger partial charge in [0.25, 0.3) is 0 Å². The summed E-state index contributed by atoms with van der Waals surface area (Å²) < 4.78 is 16.2. The number of carbonyl (C=O) groups is 1. The third-order valence-corrected chi connectivity index (χ3v) is 6.76. The quantitative estimate of drug-likeness (QED) is 0.383. The molecule has 2 aromatic carbocycles. The van der Waals surface area contributed by atoms with Crippen molar-refractivity contribution < 1.29 is 9.18 Å². The number of aromatic nitrogens is 3. The van der Waals surface area contributed by atoms with Crippen LogP contribution in [-0.2, 0) is 17.9 Å². The van der Waals surface area contributed by atoms with Crippen LogP contribution < -0.4 is 0 Å². The molecule has 1 aliphatic heterocycles. The lowest BCUT2D eigenvalue weighted by atomic mass is 10.0. The predicted octanol–water partition coefficient (Wildman–Crippen LogP) is 4.65. The molecule has 8 heteroatoms. The topological polar surface area (TPSA) is 54.3 Å². The van der Waals surface area contributed by atoms with Crippen LogP contribution in [0, 0.1) is 12.7 Å². The molecule has 0 bridgehead atoms. The Morgan fingerprint density at radius 3 is 2.56 bits per heavy atom. The van der Waals surface area contributed by atoms with Crippen molar-refractivity contribution in [3.05, 3.63) is 82.3 Å². The summed E-state index contributed by atoms with van der Waals surface area (Å²) >= 11 is 3.53. The Hall–Kier alpha value is -3.10. The van der Waals surface area contributed by atoms with Gasteiger partial charge in [0.2, 0.25) is 5.91 Å². The number of carbonyl (C=O) groups excluding carboxylic acids is 1. The molecular weight excluding hydrogens is 497 g/mol. The lowest BCUT2D eigenvalue weighted by Gasteiger charge is -2.34. The van der Waals surface area contributed by atoms with Crippen molar-refractivity contribution in [3.8, 4) is 11.1 Å². The van der Waals surface area contributed by atoms with Crippen molar-refractivity contribution in [2.45, 2.75) is 20.0 Å². The molecule has 4 aromatic rings. The number of benzene rings is 2. The summed E-state index contributed by atoms with van der Waals surface area (Å²) in [5.74, 6) is -0.232. The Kier molecular flexibility index (Phi) is 6.43. The van der Waals surface area contributed by atoms with E-state index in [9.17, 15) is 9.18 Å². The van der Waals surface area contributed by atoms with Crippen LogP contribution in [0.5, 0.6) is 0 Å². The van der Waals surface area contributed by atoms with Gasteiger partial charge in [-0.1, -0.05) is 40.2 Å². The summed E-state index contributed by atoms with van der Waals surface area (Å²) in [6, 6.07) is 16.6. The molecule has 1 amide bonds. The molecule has 0 radical (unpaired) electrons. The van der Waals surface area contributed by atoms with E-state index >= 15 is 0 Å². The average molecular weight is 522 g/mol. The molecular formula is C26H25BrFN5O. The molecule has 2 aromatic heterocycles. The number of hydrogen-bond donors (Lipinski definition) is 0. The van der Waals surface area contributed by atoms with Crippen LogP contribution in [0.4, 0.5) is 4.39 Å². The normalized spacial score (nSPS) is 14.6. The van der Waals surface area contributed by atoms with E-state index in [-0.39, 0.29) is 18.3 Å². The van der Waals surface area contributed by atoms with Crippen molar-refractivity contribution in [1.82, 2.24) is 24.6 Å². The number of fused-ring (bicyclic) bond motifs is 1. The largest absolute Gasteiger partial charge is 0.339 e. The number of hydrogen-bond acceptors (Lipinski definition) is 4. The third kappa shape index (κ3) is 4.74. The number of nitrogens with zero attached hydrogens (tertiary/aromatic N) is 5. The molecule has 0 spiro atoms. The third-order valence-electron chi connectivity index (χ3n) is 6.27. The highest BCUT2D eigenvalue weighted by atomic mass is 79.9. The lowest BCUT2D eigenvalue weighted by molar-refractivity contribution is -0.133. The molecule has 3 heterocycles. The average Bonchev–Trinajstić information content (AvgIpc) is 3.15. The minimum atomic E-state index is -0.274. The zero-order chi connectivity index (χ0) is 23.7. The molecule has 1 fully saturated rings. The molecule has 1 saturated heterocycles. The standard InChI is InChI=1S/C26H25BrFN5O/c1-18-25-23(20-5-7-22(28)8-6-20)9-10-29-26(25)33(30-18)17-24(34)32-13-11-31(12-14-32)16-19-3-2-4-21(27)15-19/h2-10,15H,11-14,16-17H2,1H3. The molecule has 0 atom stereocenters. The highest BCUT2D eigenvalue weighted by molar-refractivity contribution is 9.10. The number of pyridine rings is 1. The number of amides is 1. The maximum Gasteiger partial charge on any atom is 0.244 e. The van der Waals surface area contributed by atoms with Gasteiger partial charge in [-0.15, -0.1) is 0 Å². The van der Waals surface area contributed by atoms with E-state index in [0.717, 1.165) is 46.3 Å². The fraction of sp³-hybridized carbons (Fsp3) is 0.269. The summed E-state index contributed by atoms with van der Waals surface area (Å²) in [5.41, 5.74) is 4.55. The summed E-state index contributed by atoms with van der Waals surface area (Å²) in [7, 11) is 0. The molecule has 6 nitrogen and oxygen atoms in total. The zero-order valence-corrected chi connectivity index (χ0v) is 20.5. The highest BCUT2D eigenvalue weighted by Gasteiger charge is 2.23. The molecule has 0 unspecified atom stereocenters. The first-order valence-electron chi connectivity index (χ1n) is 11.3. The van der Waals surface area contributed by atoms with Gasteiger partial charge >= 0.3 is 0 Å². The van der Waals surface area contributed by atoms with Gasteiger partial charge in [-0.25, -0.2) is 14.1 Å². The molecule has 0 saturated carbocycles. The Morgan fingerprint density at radius 1 is 1.06 bits per heavy atom. The van der Waals surface area contributed by atoms with Crippen LogP contribution >= 0.6 is 15.9 Å². The Morgan fingerprint density at radius 2 is 1.82 bits per heavy atom. The smallest absolute Gasteiger partial charge is 0.244 e. The maximum atomic E-state index is 13.4. The van der Waals surface area contributed by atoms with Crippen molar-refractivity contribution in [2.75, 3.05) is 26.2 Å². The summed E-state index contributed by atoms with van der Waals surface area (Å²) in [6.45, 7) is 6.00.